The molecular weight excluding hydrogens is 170 g/mol. The maximum Gasteiger partial charge on any atom is 0.262 e. The Morgan fingerprint density at radius 3 is 2.54 bits per heavy atom. The highest BCUT2D eigenvalue weighted by atomic mass is 16.6. The molecule has 1 rings (SSSR count). The van der Waals surface area contributed by atoms with Gasteiger partial charge in [0.15, 0.2) is 11.5 Å². The second-order valence-corrected chi connectivity index (χ2v) is 2.46. The van der Waals surface area contributed by atoms with Crippen LogP contribution in [0.2, 0.25) is 0 Å². The normalized spacial score (nSPS) is 21.4. The van der Waals surface area contributed by atoms with Gasteiger partial charge >= 0.3 is 0 Å². The van der Waals surface area contributed by atoms with Gasteiger partial charge in [-0.05, 0) is 12.2 Å². The topological polar surface area (TPSA) is 61.5 Å². The first-order valence-electron chi connectivity index (χ1n) is 3.77. The first-order chi connectivity index (χ1) is 6.19. The standard InChI is InChI=1S/C9H11NO3/c1-3-6-7(4-2)13-8(5-12-6)9(10)11/h3-4,8H,1-2,5H2,(H2,10,11). The summed E-state index contributed by atoms with van der Waals surface area (Å²) in [5.41, 5.74) is 5.04. The summed E-state index contributed by atoms with van der Waals surface area (Å²) in [5, 5.41) is 0. The van der Waals surface area contributed by atoms with Gasteiger partial charge in [0.25, 0.3) is 5.91 Å². The molecule has 0 spiro atoms. The molecule has 0 aromatic rings. The lowest BCUT2D eigenvalue weighted by Gasteiger charge is -2.24. The van der Waals surface area contributed by atoms with Crippen molar-refractivity contribution in [2.75, 3.05) is 6.61 Å². The number of hydrogen-bond acceptors (Lipinski definition) is 3. The molecule has 0 aliphatic carbocycles. The molecule has 1 atom stereocenters. The van der Waals surface area contributed by atoms with E-state index in [-0.39, 0.29) is 6.61 Å². The maximum atomic E-state index is 10.7. The van der Waals surface area contributed by atoms with Crippen LogP contribution in [0, 0.1) is 0 Å². The Labute approximate surface area is 76.3 Å². The number of carbonyl (C=O) groups excluding carboxylic acids is 1. The van der Waals surface area contributed by atoms with Crippen molar-refractivity contribution >= 4 is 5.91 Å². The van der Waals surface area contributed by atoms with Crippen molar-refractivity contribution in [1.82, 2.24) is 0 Å². The van der Waals surface area contributed by atoms with Crippen LogP contribution in [-0.4, -0.2) is 18.6 Å². The minimum absolute atomic E-state index is 0.119. The van der Waals surface area contributed by atoms with Crippen molar-refractivity contribution in [3.63, 3.8) is 0 Å². The molecule has 0 aromatic heterocycles. The van der Waals surface area contributed by atoms with Crippen LogP contribution in [0.25, 0.3) is 0 Å². The molecule has 1 aliphatic heterocycles. The molecule has 4 nitrogen and oxygen atoms in total. The van der Waals surface area contributed by atoms with Crippen molar-refractivity contribution in [2.45, 2.75) is 6.10 Å². The highest BCUT2D eigenvalue weighted by molar-refractivity contribution is 5.79. The minimum atomic E-state index is -0.739. The largest absolute Gasteiger partial charge is 0.485 e. The molecule has 0 aromatic carbocycles. The van der Waals surface area contributed by atoms with E-state index in [0.29, 0.717) is 11.5 Å². The Morgan fingerprint density at radius 1 is 1.46 bits per heavy atom. The van der Waals surface area contributed by atoms with Gasteiger partial charge in [-0.15, -0.1) is 0 Å². The van der Waals surface area contributed by atoms with Gasteiger partial charge in [0, 0.05) is 0 Å². The number of primary amides is 1. The molecule has 1 heterocycles. The van der Waals surface area contributed by atoms with Crippen molar-refractivity contribution in [3.05, 3.63) is 36.8 Å². The van der Waals surface area contributed by atoms with Crippen LogP contribution >= 0.6 is 0 Å². The van der Waals surface area contributed by atoms with E-state index in [2.05, 4.69) is 13.2 Å². The van der Waals surface area contributed by atoms with Crippen LogP contribution in [0.15, 0.2) is 36.8 Å². The van der Waals surface area contributed by atoms with E-state index >= 15 is 0 Å². The average Bonchev–Trinajstić information content (AvgIpc) is 2.16. The highest BCUT2D eigenvalue weighted by Gasteiger charge is 2.24. The fourth-order valence-electron chi connectivity index (χ4n) is 0.930. The number of ether oxygens (including phenoxy) is 2. The molecule has 2 N–H and O–H groups in total. The maximum absolute atomic E-state index is 10.7. The Bertz CT molecular complexity index is 281. The first kappa shape index (κ1) is 9.38. The third kappa shape index (κ3) is 1.90. The number of rotatable bonds is 3. The van der Waals surface area contributed by atoms with Gasteiger partial charge in [0.1, 0.15) is 6.61 Å². The number of allylic oxidation sites excluding steroid dienone is 2. The SMILES string of the molecule is C=CC1=C(C=C)OC(C(N)=O)CO1. The lowest BCUT2D eigenvalue weighted by molar-refractivity contribution is -0.131. The molecule has 1 amide bonds. The fraction of sp³-hybridized carbons (Fsp3) is 0.222. The van der Waals surface area contributed by atoms with Crippen LogP contribution in [0.5, 0.6) is 0 Å². The van der Waals surface area contributed by atoms with Gasteiger partial charge in [-0.2, -0.15) is 0 Å². The Balaban J connectivity index is 2.83. The molecule has 0 saturated heterocycles. The number of carbonyl (C=O) groups is 1. The van der Waals surface area contributed by atoms with Gasteiger partial charge in [-0.25, -0.2) is 0 Å². The monoisotopic (exact) mass is 181 g/mol. The summed E-state index contributed by atoms with van der Waals surface area (Å²) in [5.74, 6) is 0.319. The summed E-state index contributed by atoms with van der Waals surface area (Å²) in [7, 11) is 0. The second kappa shape index (κ2) is 3.80. The summed E-state index contributed by atoms with van der Waals surface area (Å²) in [6.45, 7) is 7.16. The lowest BCUT2D eigenvalue weighted by atomic mass is 10.3. The van der Waals surface area contributed by atoms with E-state index in [4.69, 9.17) is 15.2 Å². The molecule has 0 radical (unpaired) electrons. The third-order valence-electron chi connectivity index (χ3n) is 1.59. The van der Waals surface area contributed by atoms with E-state index < -0.39 is 12.0 Å². The van der Waals surface area contributed by atoms with Crippen LogP contribution in [-0.2, 0) is 14.3 Å². The Hall–Kier alpha value is -1.71. The van der Waals surface area contributed by atoms with Gasteiger partial charge in [0.05, 0.1) is 0 Å². The first-order valence-corrected chi connectivity index (χ1v) is 3.77. The zero-order valence-corrected chi connectivity index (χ0v) is 7.16. The van der Waals surface area contributed by atoms with Gasteiger partial charge in [0.2, 0.25) is 6.10 Å². The van der Waals surface area contributed by atoms with Crippen LogP contribution in [0.3, 0.4) is 0 Å². The number of hydrogen-bond donors (Lipinski definition) is 1. The van der Waals surface area contributed by atoms with E-state index in [1.807, 2.05) is 0 Å². The van der Waals surface area contributed by atoms with E-state index in [1.54, 1.807) is 0 Å². The fourth-order valence-corrected chi connectivity index (χ4v) is 0.930. The van der Waals surface area contributed by atoms with E-state index in [0.717, 1.165) is 0 Å². The zero-order chi connectivity index (χ0) is 9.84. The van der Waals surface area contributed by atoms with E-state index in [9.17, 15) is 4.79 Å². The van der Waals surface area contributed by atoms with Crippen LogP contribution < -0.4 is 5.73 Å². The summed E-state index contributed by atoms with van der Waals surface area (Å²) in [6, 6.07) is 0. The van der Waals surface area contributed by atoms with Crippen LogP contribution in [0.1, 0.15) is 0 Å². The number of amides is 1. The van der Waals surface area contributed by atoms with Crippen molar-refractivity contribution in [1.29, 1.82) is 0 Å². The van der Waals surface area contributed by atoms with Gasteiger partial charge in [-0.3, -0.25) is 4.79 Å². The highest BCUT2D eigenvalue weighted by Crippen LogP contribution is 2.18. The van der Waals surface area contributed by atoms with E-state index in [1.165, 1.54) is 12.2 Å². The molecule has 1 unspecified atom stereocenters. The summed E-state index contributed by atoms with van der Waals surface area (Å²) < 4.78 is 10.4. The third-order valence-corrected chi connectivity index (χ3v) is 1.59. The predicted molar refractivity (Wildman–Crippen MR) is 47.4 cm³/mol. The molecular formula is C9H11NO3. The molecule has 0 bridgehead atoms. The molecule has 4 heteroatoms. The molecule has 0 saturated carbocycles. The van der Waals surface area contributed by atoms with Crippen molar-refractivity contribution in [3.8, 4) is 0 Å². The predicted octanol–water partition coefficient (Wildman–Crippen LogP) is 0.471. The second-order valence-electron chi connectivity index (χ2n) is 2.46. The van der Waals surface area contributed by atoms with Crippen molar-refractivity contribution in [2.24, 2.45) is 5.73 Å². The molecule has 1 aliphatic rings. The van der Waals surface area contributed by atoms with Crippen LogP contribution in [0.4, 0.5) is 0 Å². The quantitative estimate of drug-likeness (QED) is 0.688. The Morgan fingerprint density at radius 2 is 2.08 bits per heavy atom. The summed E-state index contributed by atoms with van der Waals surface area (Å²) in [6.07, 6.45) is 2.21. The Kier molecular flexibility index (Phi) is 2.74. The molecule has 0 fully saturated rings. The smallest absolute Gasteiger partial charge is 0.262 e. The zero-order valence-electron chi connectivity index (χ0n) is 7.16. The minimum Gasteiger partial charge on any atom is -0.485 e. The van der Waals surface area contributed by atoms with Gasteiger partial charge < -0.3 is 15.2 Å². The average molecular weight is 181 g/mol. The summed E-state index contributed by atoms with van der Waals surface area (Å²) in [4.78, 5) is 10.7. The van der Waals surface area contributed by atoms with Gasteiger partial charge in [-0.1, -0.05) is 13.2 Å². The molecule has 70 valence electrons. The van der Waals surface area contributed by atoms with Crippen molar-refractivity contribution < 1.29 is 14.3 Å². The lowest BCUT2D eigenvalue weighted by Crippen LogP contribution is -2.37. The molecule has 13 heavy (non-hydrogen) atoms. The number of nitrogens with two attached hydrogens (primary N) is 1. The summed E-state index contributed by atoms with van der Waals surface area (Å²) >= 11 is 0.